The fourth-order valence-corrected chi connectivity index (χ4v) is 4.22. The van der Waals surface area contributed by atoms with Crippen LogP contribution < -0.4 is 21.3 Å². The summed E-state index contributed by atoms with van der Waals surface area (Å²) in [5, 5.41) is 4.07. The standard InChI is InChI=1S/C26H22ClN7O2/c1-15(31-23-18(14-30-26(28)33-23)16-11-12-21(36-2)29-13-16)24-32-20-10-6-9-19(27)22(20)25(35)34(24)17-7-4-3-5-8-17/h3-15H,1-2H3,(H3,28,30,31,33)/t15-/m0/s1. The average molecular weight is 500 g/mol. The van der Waals surface area contributed by atoms with Crippen LogP contribution >= 0.6 is 11.6 Å². The van der Waals surface area contributed by atoms with Crippen LogP contribution in [0.25, 0.3) is 27.7 Å². The molecule has 0 radical (unpaired) electrons. The number of methoxy groups -OCH3 is 1. The van der Waals surface area contributed by atoms with Crippen molar-refractivity contribution >= 4 is 34.3 Å². The summed E-state index contributed by atoms with van der Waals surface area (Å²) in [6, 6.07) is 17.7. The second-order valence-electron chi connectivity index (χ2n) is 8.03. The van der Waals surface area contributed by atoms with Gasteiger partial charge in [0.1, 0.15) is 11.6 Å². The summed E-state index contributed by atoms with van der Waals surface area (Å²) in [4.78, 5) is 31.3. The Balaban J connectivity index is 1.64. The van der Waals surface area contributed by atoms with E-state index < -0.39 is 6.04 Å². The molecular formula is C26H22ClN7O2. The predicted molar refractivity (Wildman–Crippen MR) is 141 cm³/mol. The van der Waals surface area contributed by atoms with Crippen LogP contribution in [-0.2, 0) is 0 Å². The summed E-state index contributed by atoms with van der Waals surface area (Å²) < 4.78 is 6.72. The molecule has 2 aromatic carbocycles. The van der Waals surface area contributed by atoms with Gasteiger partial charge in [0, 0.05) is 29.6 Å². The molecule has 10 heteroatoms. The van der Waals surface area contributed by atoms with Gasteiger partial charge < -0.3 is 15.8 Å². The predicted octanol–water partition coefficient (Wildman–Crippen LogP) is 4.66. The molecule has 0 saturated carbocycles. The maximum Gasteiger partial charge on any atom is 0.267 e. The molecule has 0 aliphatic rings. The van der Waals surface area contributed by atoms with E-state index in [1.165, 1.54) is 0 Å². The van der Waals surface area contributed by atoms with Crippen molar-refractivity contribution in [3.63, 3.8) is 0 Å². The van der Waals surface area contributed by atoms with Crippen LogP contribution in [0.3, 0.4) is 0 Å². The van der Waals surface area contributed by atoms with Crippen molar-refractivity contribution in [2.75, 3.05) is 18.2 Å². The number of nitrogens with one attached hydrogen (secondary N) is 1. The molecule has 0 aliphatic heterocycles. The SMILES string of the molecule is COc1ccc(-c2cnc(N)nc2N[C@@H](C)c2nc3cccc(Cl)c3c(=O)n2-c2ccccc2)cn1. The second kappa shape index (κ2) is 9.63. The molecule has 36 heavy (non-hydrogen) atoms. The highest BCUT2D eigenvalue weighted by Gasteiger charge is 2.21. The Morgan fingerprint density at radius 1 is 1.00 bits per heavy atom. The summed E-state index contributed by atoms with van der Waals surface area (Å²) in [7, 11) is 1.55. The zero-order valence-electron chi connectivity index (χ0n) is 19.5. The molecule has 180 valence electrons. The Labute approximate surface area is 211 Å². The Kier molecular flexibility index (Phi) is 6.22. The van der Waals surface area contributed by atoms with Gasteiger partial charge in [0.2, 0.25) is 11.8 Å². The zero-order valence-corrected chi connectivity index (χ0v) is 20.3. The smallest absolute Gasteiger partial charge is 0.267 e. The van der Waals surface area contributed by atoms with Crippen LogP contribution in [0.5, 0.6) is 5.88 Å². The number of nitrogens with two attached hydrogens (primary N) is 1. The summed E-state index contributed by atoms with van der Waals surface area (Å²) in [6.07, 6.45) is 3.29. The fraction of sp³-hybridized carbons (Fsp3) is 0.115. The second-order valence-corrected chi connectivity index (χ2v) is 8.43. The highest BCUT2D eigenvalue weighted by Crippen LogP contribution is 2.30. The first-order valence-electron chi connectivity index (χ1n) is 11.1. The number of para-hydroxylation sites is 1. The zero-order chi connectivity index (χ0) is 25.2. The van der Waals surface area contributed by atoms with Crippen molar-refractivity contribution in [2.24, 2.45) is 0 Å². The number of halogens is 1. The van der Waals surface area contributed by atoms with Gasteiger partial charge in [-0.2, -0.15) is 4.98 Å². The molecule has 0 bridgehead atoms. The summed E-state index contributed by atoms with van der Waals surface area (Å²) >= 11 is 6.40. The first kappa shape index (κ1) is 23.3. The van der Waals surface area contributed by atoms with E-state index in [0.29, 0.717) is 44.7 Å². The maximum atomic E-state index is 13.7. The van der Waals surface area contributed by atoms with Gasteiger partial charge in [-0.15, -0.1) is 0 Å². The molecular weight excluding hydrogens is 478 g/mol. The van der Waals surface area contributed by atoms with Crippen molar-refractivity contribution in [1.82, 2.24) is 24.5 Å². The minimum atomic E-state index is -0.458. The van der Waals surface area contributed by atoms with Crippen LogP contribution in [0.15, 0.2) is 77.9 Å². The maximum absolute atomic E-state index is 13.7. The molecule has 0 unspecified atom stereocenters. The number of anilines is 2. The Morgan fingerprint density at radius 2 is 1.81 bits per heavy atom. The Hall–Kier alpha value is -4.50. The molecule has 0 saturated heterocycles. The van der Waals surface area contributed by atoms with E-state index in [0.717, 1.165) is 5.56 Å². The van der Waals surface area contributed by atoms with Crippen molar-refractivity contribution in [2.45, 2.75) is 13.0 Å². The lowest BCUT2D eigenvalue weighted by Gasteiger charge is -2.21. The highest BCUT2D eigenvalue weighted by atomic mass is 35.5. The van der Waals surface area contributed by atoms with Crippen molar-refractivity contribution in [3.05, 3.63) is 94.3 Å². The van der Waals surface area contributed by atoms with Crippen LogP contribution in [0.2, 0.25) is 5.02 Å². The van der Waals surface area contributed by atoms with E-state index in [-0.39, 0.29) is 11.5 Å². The van der Waals surface area contributed by atoms with Gasteiger partial charge in [-0.25, -0.2) is 15.0 Å². The third-order valence-corrected chi connectivity index (χ3v) is 6.01. The van der Waals surface area contributed by atoms with E-state index >= 15 is 0 Å². The average Bonchev–Trinajstić information content (AvgIpc) is 2.89. The molecule has 3 aromatic heterocycles. The number of hydrogen-bond donors (Lipinski definition) is 2. The molecule has 3 heterocycles. The summed E-state index contributed by atoms with van der Waals surface area (Å²) in [6.45, 7) is 1.89. The summed E-state index contributed by atoms with van der Waals surface area (Å²) in [5.74, 6) is 1.55. The third kappa shape index (κ3) is 4.32. The van der Waals surface area contributed by atoms with Gasteiger partial charge in [0.25, 0.3) is 5.56 Å². The fourth-order valence-electron chi connectivity index (χ4n) is 3.97. The van der Waals surface area contributed by atoms with E-state index in [1.54, 1.807) is 48.3 Å². The van der Waals surface area contributed by atoms with Gasteiger partial charge in [0.15, 0.2) is 0 Å². The number of nitrogen functional groups attached to an aromatic ring is 1. The van der Waals surface area contributed by atoms with Gasteiger partial charge in [-0.05, 0) is 37.3 Å². The number of ether oxygens (including phenoxy) is 1. The lowest BCUT2D eigenvalue weighted by molar-refractivity contribution is 0.398. The topological polar surface area (TPSA) is 121 Å². The molecule has 3 N–H and O–H groups in total. The van der Waals surface area contributed by atoms with E-state index in [1.807, 2.05) is 43.3 Å². The Morgan fingerprint density at radius 3 is 2.53 bits per heavy atom. The molecule has 5 aromatic rings. The molecule has 0 spiro atoms. The number of fused-ring (bicyclic) bond motifs is 1. The van der Waals surface area contributed by atoms with Gasteiger partial charge >= 0.3 is 0 Å². The van der Waals surface area contributed by atoms with Crippen molar-refractivity contribution in [3.8, 4) is 22.7 Å². The van der Waals surface area contributed by atoms with Gasteiger partial charge in [-0.3, -0.25) is 9.36 Å². The lowest BCUT2D eigenvalue weighted by Crippen LogP contribution is -2.27. The quantitative estimate of drug-likeness (QED) is 0.346. The van der Waals surface area contributed by atoms with Crippen molar-refractivity contribution in [1.29, 1.82) is 0 Å². The molecule has 9 nitrogen and oxygen atoms in total. The highest BCUT2D eigenvalue weighted by molar-refractivity contribution is 6.35. The van der Waals surface area contributed by atoms with Gasteiger partial charge in [-0.1, -0.05) is 35.9 Å². The van der Waals surface area contributed by atoms with Crippen LogP contribution in [0.4, 0.5) is 11.8 Å². The molecule has 0 fully saturated rings. The van der Waals surface area contributed by atoms with E-state index in [2.05, 4.69) is 20.3 Å². The van der Waals surface area contributed by atoms with Crippen LogP contribution in [0.1, 0.15) is 18.8 Å². The minimum Gasteiger partial charge on any atom is -0.481 e. The first-order valence-corrected chi connectivity index (χ1v) is 11.5. The number of rotatable bonds is 6. The van der Waals surface area contributed by atoms with E-state index in [9.17, 15) is 4.79 Å². The largest absolute Gasteiger partial charge is 0.481 e. The number of pyridine rings is 1. The lowest BCUT2D eigenvalue weighted by atomic mass is 10.1. The third-order valence-electron chi connectivity index (χ3n) is 5.69. The normalized spacial score (nSPS) is 11.9. The number of benzene rings is 2. The van der Waals surface area contributed by atoms with E-state index in [4.69, 9.17) is 27.1 Å². The molecule has 0 aliphatic carbocycles. The van der Waals surface area contributed by atoms with Crippen LogP contribution in [0, 0.1) is 0 Å². The monoisotopic (exact) mass is 499 g/mol. The minimum absolute atomic E-state index is 0.105. The molecule has 0 amide bonds. The first-order chi connectivity index (χ1) is 17.5. The number of nitrogens with zero attached hydrogens (tertiary/aromatic N) is 5. The number of hydrogen-bond acceptors (Lipinski definition) is 8. The van der Waals surface area contributed by atoms with Crippen molar-refractivity contribution < 1.29 is 4.74 Å². The van der Waals surface area contributed by atoms with Gasteiger partial charge in [0.05, 0.1) is 34.8 Å². The van der Waals surface area contributed by atoms with Crippen LogP contribution in [-0.4, -0.2) is 31.6 Å². The number of aromatic nitrogens is 5. The molecule has 1 atom stereocenters. The summed E-state index contributed by atoms with van der Waals surface area (Å²) in [5.41, 5.74) is 8.28. The molecule has 5 rings (SSSR count). The Bertz CT molecular complexity index is 1610.